The smallest absolute Gasteiger partial charge is 0.271 e. The van der Waals surface area contributed by atoms with E-state index in [1.807, 2.05) is 27.7 Å². The lowest BCUT2D eigenvalue weighted by atomic mass is 9.85. The van der Waals surface area contributed by atoms with Crippen molar-refractivity contribution in [3.8, 4) is 0 Å². The van der Waals surface area contributed by atoms with Gasteiger partial charge in [0, 0.05) is 39.1 Å². The van der Waals surface area contributed by atoms with Gasteiger partial charge < -0.3 is 0 Å². The van der Waals surface area contributed by atoms with Crippen molar-refractivity contribution in [2.24, 2.45) is 0 Å². The second kappa shape index (κ2) is 9.87. The Morgan fingerprint density at radius 3 is 1.50 bits per heavy atom. The van der Waals surface area contributed by atoms with Crippen LogP contribution in [0.3, 0.4) is 0 Å². The van der Waals surface area contributed by atoms with E-state index >= 15 is 0 Å². The molecule has 2 heterocycles. The predicted molar refractivity (Wildman–Crippen MR) is 145 cm³/mol. The Morgan fingerprint density at radius 1 is 0.650 bits per heavy atom. The topological polar surface area (TPSA) is 74.8 Å². The molecule has 3 aromatic carbocycles. The molecule has 2 aliphatic heterocycles. The second-order valence-corrected chi connectivity index (χ2v) is 10.3. The lowest BCUT2D eigenvalue weighted by molar-refractivity contribution is -0.137. The Labute approximate surface area is 229 Å². The van der Waals surface area contributed by atoms with Gasteiger partial charge in [-0.25, -0.2) is 4.90 Å². The molecule has 0 atom stereocenters. The van der Waals surface area contributed by atoms with Crippen LogP contribution in [-0.4, -0.2) is 34.6 Å². The van der Waals surface area contributed by atoms with Gasteiger partial charge in [-0.3, -0.25) is 24.1 Å². The van der Waals surface area contributed by atoms with Crippen LogP contribution >= 0.6 is 0 Å². The lowest BCUT2D eigenvalue weighted by Gasteiger charge is -2.35. The summed E-state index contributed by atoms with van der Waals surface area (Å²) >= 11 is 0. The number of imide groups is 2. The van der Waals surface area contributed by atoms with Crippen molar-refractivity contribution < 1.29 is 32.3 Å². The molecule has 3 aromatic rings. The van der Waals surface area contributed by atoms with Crippen molar-refractivity contribution in [1.82, 2.24) is 4.90 Å². The summed E-state index contributed by atoms with van der Waals surface area (Å²) in [5.41, 5.74) is -0.192. The molecule has 6 nitrogen and oxygen atoms in total. The van der Waals surface area contributed by atoms with Crippen molar-refractivity contribution in [3.05, 3.63) is 75.8 Å². The number of hydrogen-bond acceptors (Lipinski definition) is 4. The molecule has 0 bridgehead atoms. The molecule has 5 rings (SSSR count). The SMILES string of the molecule is CCC(CC)c1cc(N2C(=O)c3ccc4c5c(ccc(c35)C2=O)C(=O)N(C(CC)CC)C4=O)cc(C(F)(F)F)c1. The number of alkyl halides is 3. The first-order valence-electron chi connectivity index (χ1n) is 13.6. The van der Waals surface area contributed by atoms with Gasteiger partial charge in [0.25, 0.3) is 23.6 Å². The van der Waals surface area contributed by atoms with Crippen LogP contribution in [0.1, 0.15) is 112 Å². The molecule has 0 unspecified atom stereocenters. The standard InChI is InChI=1S/C31H29F3N2O4/c1-5-16(6-2)17-13-18(31(32,33)34)15-20(14-17)36-29(39)23-11-9-21-25-22(10-12-24(26(23)25)30(36)40)28(38)35(27(21)37)19(7-3)8-4/h9-16,19H,5-8H2,1-4H3. The molecule has 208 valence electrons. The van der Waals surface area contributed by atoms with Gasteiger partial charge in [0.2, 0.25) is 0 Å². The fourth-order valence-electron chi connectivity index (χ4n) is 6.04. The Balaban J connectivity index is 1.70. The van der Waals surface area contributed by atoms with Crippen LogP contribution in [0.2, 0.25) is 0 Å². The van der Waals surface area contributed by atoms with Gasteiger partial charge in [0.05, 0.1) is 11.3 Å². The van der Waals surface area contributed by atoms with Crippen LogP contribution in [0.4, 0.5) is 18.9 Å². The van der Waals surface area contributed by atoms with Crippen molar-refractivity contribution in [2.75, 3.05) is 4.90 Å². The molecule has 0 N–H and O–H groups in total. The first-order chi connectivity index (χ1) is 19.0. The minimum Gasteiger partial charge on any atom is -0.271 e. The molecule has 9 heteroatoms. The number of hydrogen-bond donors (Lipinski definition) is 0. The summed E-state index contributed by atoms with van der Waals surface area (Å²) in [6, 6.07) is 8.81. The monoisotopic (exact) mass is 550 g/mol. The first kappa shape index (κ1) is 27.6. The number of anilines is 1. The molecule has 0 aromatic heterocycles. The van der Waals surface area contributed by atoms with E-state index in [0.29, 0.717) is 31.2 Å². The first-order valence-corrected chi connectivity index (χ1v) is 13.6. The zero-order valence-electron chi connectivity index (χ0n) is 22.7. The summed E-state index contributed by atoms with van der Waals surface area (Å²) in [6.07, 6.45) is -2.36. The molecule has 0 saturated carbocycles. The molecule has 0 radical (unpaired) electrons. The average Bonchev–Trinajstić information content (AvgIpc) is 2.93. The Bertz CT molecular complexity index is 1510. The predicted octanol–water partition coefficient (Wildman–Crippen LogP) is 7.35. The van der Waals surface area contributed by atoms with Crippen LogP contribution in [0.5, 0.6) is 0 Å². The molecule has 0 fully saturated rings. The van der Waals surface area contributed by atoms with Crippen LogP contribution in [0, 0.1) is 0 Å². The highest BCUT2D eigenvalue weighted by molar-refractivity contribution is 6.39. The average molecular weight is 551 g/mol. The van der Waals surface area contributed by atoms with Crippen LogP contribution < -0.4 is 4.90 Å². The van der Waals surface area contributed by atoms with E-state index < -0.39 is 35.4 Å². The number of carbonyl (C=O) groups excluding carboxylic acids is 4. The van der Waals surface area contributed by atoms with Crippen LogP contribution in [0.25, 0.3) is 10.8 Å². The van der Waals surface area contributed by atoms with Gasteiger partial charge in [-0.15, -0.1) is 0 Å². The highest BCUT2D eigenvalue weighted by Gasteiger charge is 2.42. The molecule has 40 heavy (non-hydrogen) atoms. The largest absolute Gasteiger partial charge is 0.416 e. The van der Waals surface area contributed by atoms with Gasteiger partial charge >= 0.3 is 6.18 Å². The van der Waals surface area contributed by atoms with Gasteiger partial charge in [0.1, 0.15) is 0 Å². The van der Waals surface area contributed by atoms with E-state index in [-0.39, 0.29) is 50.7 Å². The third-order valence-electron chi connectivity index (χ3n) is 8.22. The third-order valence-corrected chi connectivity index (χ3v) is 8.22. The Hall–Kier alpha value is -4.01. The molecular weight excluding hydrogens is 521 g/mol. The summed E-state index contributed by atoms with van der Waals surface area (Å²) in [5.74, 6) is -2.80. The minimum atomic E-state index is -4.68. The van der Waals surface area contributed by atoms with Crippen molar-refractivity contribution >= 4 is 40.1 Å². The maximum Gasteiger partial charge on any atom is 0.416 e. The third kappa shape index (κ3) is 4.01. The Kier molecular flexibility index (Phi) is 6.80. The number of benzene rings is 3. The van der Waals surface area contributed by atoms with E-state index in [0.717, 1.165) is 17.0 Å². The van der Waals surface area contributed by atoms with E-state index in [1.165, 1.54) is 35.2 Å². The van der Waals surface area contributed by atoms with Gasteiger partial charge in [-0.05, 0) is 79.6 Å². The molecule has 0 aliphatic carbocycles. The lowest BCUT2D eigenvalue weighted by Crippen LogP contribution is -2.47. The highest BCUT2D eigenvalue weighted by atomic mass is 19.4. The molecule has 0 saturated heterocycles. The summed E-state index contributed by atoms with van der Waals surface area (Å²) in [7, 11) is 0. The number of rotatable bonds is 7. The zero-order valence-corrected chi connectivity index (χ0v) is 22.7. The second-order valence-electron chi connectivity index (χ2n) is 10.3. The van der Waals surface area contributed by atoms with Crippen molar-refractivity contribution in [3.63, 3.8) is 0 Å². The molecular formula is C31H29F3N2O4. The molecule has 0 spiro atoms. The maximum absolute atomic E-state index is 13.9. The van der Waals surface area contributed by atoms with Crippen molar-refractivity contribution in [1.29, 1.82) is 0 Å². The highest BCUT2D eigenvalue weighted by Crippen LogP contribution is 2.42. The molecule has 4 amide bonds. The summed E-state index contributed by atoms with van der Waals surface area (Å²) in [5, 5.41) is 0.412. The van der Waals surface area contributed by atoms with E-state index in [2.05, 4.69) is 0 Å². The van der Waals surface area contributed by atoms with Crippen molar-refractivity contribution in [2.45, 2.75) is 71.5 Å². The summed E-state index contributed by atoms with van der Waals surface area (Å²) < 4.78 is 41.7. The number of halogens is 3. The van der Waals surface area contributed by atoms with Gasteiger partial charge in [0.15, 0.2) is 0 Å². The fraction of sp³-hybridized carbons (Fsp3) is 0.355. The normalized spacial score (nSPS) is 15.3. The number of nitrogens with zero attached hydrogens (tertiary/aromatic N) is 2. The van der Waals surface area contributed by atoms with Crippen LogP contribution in [0.15, 0.2) is 42.5 Å². The minimum absolute atomic E-state index is 0.0493. The Morgan fingerprint density at radius 2 is 1.10 bits per heavy atom. The van der Waals surface area contributed by atoms with E-state index in [1.54, 1.807) is 0 Å². The zero-order chi connectivity index (χ0) is 29.1. The summed E-state index contributed by atoms with van der Waals surface area (Å²) in [4.78, 5) is 56.5. The number of carbonyl (C=O) groups is 4. The van der Waals surface area contributed by atoms with Gasteiger partial charge in [-0.2, -0.15) is 13.2 Å². The fourth-order valence-corrected chi connectivity index (χ4v) is 6.04. The molecule has 2 aliphatic rings. The maximum atomic E-state index is 13.9. The van der Waals surface area contributed by atoms with Gasteiger partial charge in [-0.1, -0.05) is 27.7 Å². The summed E-state index contributed by atoms with van der Waals surface area (Å²) in [6.45, 7) is 7.51. The van der Waals surface area contributed by atoms with E-state index in [4.69, 9.17) is 0 Å². The van der Waals surface area contributed by atoms with Crippen LogP contribution in [-0.2, 0) is 6.18 Å². The quantitative estimate of drug-likeness (QED) is 0.288. The number of amides is 4. The van der Waals surface area contributed by atoms with E-state index in [9.17, 15) is 32.3 Å².